The first kappa shape index (κ1) is 16.0. The van der Waals surface area contributed by atoms with E-state index in [1.807, 2.05) is 55.5 Å². The molecular weight excluding hydrogens is 300 g/mol. The maximum Gasteiger partial charge on any atom is 0.261 e. The van der Waals surface area contributed by atoms with Crippen LogP contribution in [0.2, 0.25) is 0 Å². The molecule has 1 heterocycles. The van der Waals surface area contributed by atoms with Gasteiger partial charge < -0.3 is 9.84 Å². The smallest absolute Gasteiger partial charge is 0.261 e. The lowest BCUT2D eigenvalue weighted by Crippen LogP contribution is -2.15. The van der Waals surface area contributed by atoms with Crippen molar-refractivity contribution in [1.29, 1.82) is 0 Å². The van der Waals surface area contributed by atoms with Crippen LogP contribution in [0.15, 0.2) is 53.1 Å². The van der Waals surface area contributed by atoms with E-state index in [0.29, 0.717) is 17.0 Å². The van der Waals surface area contributed by atoms with Gasteiger partial charge in [0.15, 0.2) is 0 Å². The molecule has 0 saturated heterocycles. The number of amides is 1. The van der Waals surface area contributed by atoms with Crippen LogP contribution >= 0.6 is 0 Å². The highest BCUT2D eigenvalue weighted by atomic mass is 16.5. The van der Waals surface area contributed by atoms with Gasteiger partial charge in [-0.05, 0) is 31.4 Å². The summed E-state index contributed by atoms with van der Waals surface area (Å²) in [4.78, 5) is 12.9. The lowest BCUT2D eigenvalue weighted by Gasteiger charge is -2.13. The molecule has 0 aliphatic heterocycles. The number of rotatable bonds is 4. The van der Waals surface area contributed by atoms with Crippen molar-refractivity contribution < 1.29 is 9.32 Å². The third kappa shape index (κ3) is 2.95. The number of carbonyl (C=O) groups is 1. The van der Waals surface area contributed by atoms with Crippen LogP contribution in [0, 0.1) is 13.8 Å². The fraction of sp³-hybridized carbons (Fsp3) is 0.200. The Hall–Kier alpha value is -2.88. The molecule has 1 amide bonds. The minimum Gasteiger partial charge on any atom is -0.360 e. The van der Waals surface area contributed by atoms with Crippen molar-refractivity contribution in [2.75, 3.05) is 5.32 Å². The van der Waals surface area contributed by atoms with Gasteiger partial charge in [0.1, 0.15) is 17.0 Å². The molecule has 1 N–H and O–H groups in total. The number of para-hydroxylation sites is 1. The first-order valence-corrected chi connectivity index (χ1v) is 8.03. The Kier molecular flexibility index (Phi) is 4.47. The van der Waals surface area contributed by atoms with E-state index in [1.165, 1.54) is 0 Å². The first-order chi connectivity index (χ1) is 11.6. The van der Waals surface area contributed by atoms with Gasteiger partial charge in [-0.2, -0.15) is 0 Å². The van der Waals surface area contributed by atoms with Gasteiger partial charge in [0, 0.05) is 11.3 Å². The van der Waals surface area contributed by atoms with Gasteiger partial charge in [0.25, 0.3) is 5.91 Å². The molecule has 1 aromatic heterocycles. The van der Waals surface area contributed by atoms with Crippen LogP contribution in [-0.2, 0) is 6.42 Å². The summed E-state index contributed by atoms with van der Waals surface area (Å²) < 4.78 is 5.28. The van der Waals surface area contributed by atoms with E-state index in [-0.39, 0.29) is 5.91 Å². The Bertz CT molecular complexity index is 867. The predicted octanol–water partition coefficient (Wildman–Crippen LogP) is 4.77. The van der Waals surface area contributed by atoms with E-state index in [0.717, 1.165) is 28.8 Å². The first-order valence-electron chi connectivity index (χ1n) is 8.03. The molecule has 0 spiro atoms. The van der Waals surface area contributed by atoms with Gasteiger partial charge in [0.2, 0.25) is 0 Å². The molecule has 24 heavy (non-hydrogen) atoms. The van der Waals surface area contributed by atoms with Crippen molar-refractivity contribution >= 4 is 11.6 Å². The van der Waals surface area contributed by atoms with Gasteiger partial charge in [-0.15, -0.1) is 0 Å². The normalized spacial score (nSPS) is 10.6. The highest BCUT2D eigenvalue weighted by Gasteiger charge is 2.22. The standard InChI is InChI=1S/C20H20N2O2/c1-4-15-12-8-9-13(2)18(15)21-20(23)17-14(3)24-22-19(17)16-10-6-5-7-11-16/h5-12H,4H2,1-3H3,(H,21,23). The maximum atomic E-state index is 12.9. The summed E-state index contributed by atoms with van der Waals surface area (Å²) in [7, 11) is 0. The van der Waals surface area contributed by atoms with E-state index in [2.05, 4.69) is 17.4 Å². The van der Waals surface area contributed by atoms with E-state index in [1.54, 1.807) is 6.92 Å². The topological polar surface area (TPSA) is 55.1 Å². The summed E-state index contributed by atoms with van der Waals surface area (Å²) in [6.07, 6.45) is 0.853. The quantitative estimate of drug-likeness (QED) is 0.753. The summed E-state index contributed by atoms with van der Waals surface area (Å²) in [5.41, 5.74) is 4.92. The number of nitrogens with zero attached hydrogens (tertiary/aromatic N) is 1. The van der Waals surface area contributed by atoms with Crippen molar-refractivity contribution in [1.82, 2.24) is 5.16 Å². The van der Waals surface area contributed by atoms with Gasteiger partial charge in [-0.1, -0.05) is 60.6 Å². The number of nitrogens with one attached hydrogen (secondary N) is 1. The Morgan fingerprint density at radius 2 is 1.83 bits per heavy atom. The Balaban J connectivity index is 1.99. The number of aromatic nitrogens is 1. The average molecular weight is 320 g/mol. The molecule has 0 unspecified atom stereocenters. The molecule has 4 heteroatoms. The van der Waals surface area contributed by atoms with Crippen LogP contribution in [0.4, 0.5) is 5.69 Å². The third-order valence-electron chi connectivity index (χ3n) is 4.12. The van der Waals surface area contributed by atoms with Crippen molar-refractivity contribution in [3.05, 3.63) is 71.0 Å². The zero-order valence-corrected chi connectivity index (χ0v) is 14.1. The molecular formula is C20H20N2O2. The summed E-state index contributed by atoms with van der Waals surface area (Å²) >= 11 is 0. The van der Waals surface area contributed by atoms with Crippen LogP contribution in [0.25, 0.3) is 11.3 Å². The lowest BCUT2D eigenvalue weighted by molar-refractivity contribution is 0.102. The van der Waals surface area contributed by atoms with Crippen LogP contribution in [0.5, 0.6) is 0 Å². The zero-order valence-electron chi connectivity index (χ0n) is 14.1. The molecule has 0 radical (unpaired) electrons. The fourth-order valence-corrected chi connectivity index (χ4v) is 2.81. The van der Waals surface area contributed by atoms with Crippen molar-refractivity contribution in [2.24, 2.45) is 0 Å². The van der Waals surface area contributed by atoms with E-state index in [9.17, 15) is 4.79 Å². The molecule has 0 saturated carbocycles. The Labute approximate surface area is 141 Å². The minimum absolute atomic E-state index is 0.198. The second-order valence-electron chi connectivity index (χ2n) is 5.75. The molecule has 0 fully saturated rings. The number of hydrogen-bond donors (Lipinski definition) is 1. The second kappa shape index (κ2) is 6.71. The molecule has 3 rings (SSSR count). The average Bonchev–Trinajstić information content (AvgIpc) is 2.99. The predicted molar refractivity (Wildman–Crippen MR) is 95.2 cm³/mol. The SMILES string of the molecule is CCc1cccc(C)c1NC(=O)c1c(-c2ccccc2)noc1C. The van der Waals surface area contributed by atoms with Crippen LogP contribution in [-0.4, -0.2) is 11.1 Å². The van der Waals surface area contributed by atoms with Crippen molar-refractivity contribution in [2.45, 2.75) is 27.2 Å². The van der Waals surface area contributed by atoms with Gasteiger partial charge >= 0.3 is 0 Å². The summed E-state index contributed by atoms with van der Waals surface area (Å²) in [5, 5.41) is 7.12. The van der Waals surface area contributed by atoms with E-state index < -0.39 is 0 Å². The Morgan fingerprint density at radius 1 is 1.08 bits per heavy atom. The maximum absolute atomic E-state index is 12.9. The highest BCUT2D eigenvalue weighted by Crippen LogP contribution is 2.27. The third-order valence-corrected chi connectivity index (χ3v) is 4.12. The second-order valence-corrected chi connectivity index (χ2v) is 5.75. The van der Waals surface area contributed by atoms with Gasteiger partial charge in [-0.3, -0.25) is 4.79 Å². The minimum atomic E-state index is -0.198. The van der Waals surface area contributed by atoms with Gasteiger partial charge in [0.05, 0.1) is 0 Å². The Morgan fingerprint density at radius 3 is 2.54 bits per heavy atom. The molecule has 3 aromatic rings. The van der Waals surface area contributed by atoms with Crippen LogP contribution < -0.4 is 5.32 Å². The summed E-state index contributed by atoms with van der Waals surface area (Å²) in [6.45, 7) is 5.82. The largest absolute Gasteiger partial charge is 0.360 e. The zero-order chi connectivity index (χ0) is 17.1. The molecule has 0 aliphatic rings. The number of anilines is 1. The van der Waals surface area contributed by atoms with E-state index >= 15 is 0 Å². The fourth-order valence-electron chi connectivity index (χ4n) is 2.81. The number of hydrogen-bond acceptors (Lipinski definition) is 3. The van der Waals surface area contributed by atoms with Crippen molar-refractivity contribution in [3.63, 3.8) is 0 Å². The lowest BCUT2D eigenvalue weighted by atomic mass is 10.0. The number of aryl methyl sites for hydroxylation is 3. The monoisotopic (exact) mass is 320 g/mol. The molecule has 0 atom stereocenters. The summed E-state index contributed by atoms with van der Waals surface area (Å²) in [6, 6.07) is 15.6. The number of benzene rings is 2. The van der Waals surface area contributed by atoms with E-state index in [4.69, 9.17) is 4.52 Å². The van der Waals surface area contributed by atoms with Crippen molar-refractivity contribution in [3.8, 4) is 11.3 Å². The molecule has 0 aliphatic carbocycles. The summed E-state index contributed by atoms with van der Waals surface area (Å²) in [5.74, 6) is 0.314. The highest BCUT2D eigenvalue weighted by molar-refractivity contribution is 6.09. The van der Waals surface area contributed by atoms with Crippen LogP contribution in [0.3, 0.4) is 0 Å². The molecule has 0 bridgehead atoms. The number of carbonyl (C=O) groups excluding carboxylic acids is 1. The molecule has 122 valence electrons. The van der Waals surface area contributed by atoms with Crippen LogP contribution in [0.1, 0.15) is 34.2 Å². The molecule has 2 aromatic carbocycles. The molecule has 4 nitrogen and oxygen atoms in total. The van der Waals surface area contributed by atoms with Gasteiger partial charge in [-0.25, -0.2) is 0 Å².